The summed E-state index contributed by atoms with van der Waals surface area (Å²) in [6, 6.07) is 9.97. The molecule has 0 aliphatic rings. The van der Waals surface area contributed by atoms with Crippen LogP contribution in [0.5, 0.6) is 0 Å². The van der Waals surface area contributed by atoms with Crippen LogP contribution in [0.15, 0.2) is 48.8 Å². The molecule has 0 spiro atoms. The molecule has 2 N–H and O–H groups in total. The highest BCUT2D eigenvalue weighted by Crippen LogP contribution is 2.35. The lowest BCUT2D eigenvalue weighted by molar-refractivity contribution is -0.383. The van der Waals surface area contributed by atoms with Gasteiger partial charge in [0, 0.05) is 10.7 Å². The van der Waals surface area contributed by atoms with Gasteiger partial charge in [-0.25, -0.2) is 14.4 Å². The van der Waals surface area contributed by atoms with Crippen molar-refractivity contribution in [2.45, 2.75) is 0 Å². The SMILES string of the molecule is O=[N+]([O-])c1c(Nc2ccc(F)cc2)ncnc1Nc1cc(Cl)ccc1Cl. The molecule has 1 aromatic heterocycles. The summed E-state index contributed by atoms with van der Waals surface area (Å²) < 4.78 is 13.0. The molecule has 0 aliphatic heterocycles. The molecular formula is C16H10Cl2FN5O2. The van der Waals surface area contributed by atoms with Crippen LogP contribution < -0.4 is 10.6 Å². The predicted molar refractivity (Wildman–Crippen MR) is 98.1 cm³/mol. The number of nitro groups is 1. The molecule has 0 bridgehead atoms. The molecule has 3 rings (SSSR count). The first kappa shape index (κ1) is 17.8. The zero-order valence-corrected chi connectivity index (χ0v) is 14.4. The second-order valence-electron chi connectivity index (χ2n) is 5.06. The van der Waals surface area contributed by atoms with E-state index in [2.05, 4.69) is 20.6 Å². The fourth-order valence-electron chi connectivity index (χ4n) is 2.13. The smallest absolute Gasteiger partial charge is 0.334 e. The average Bonchev–Trinajstić information content (AvgIpc) is 2.60. The van der Waals surface area contributed by atoms with E-state index in [0.717, 1.165) is 6.33 Å². The van der Waals surface area contributed by atoms with Gasteiger partial charge in [-0.05, 0) is 42.5 Å². The van der Waals surface area contributed by atoms with E-state index < -0.39 is 16.4 Å². The Morgan fingerprint density at radius 3 is 2.31 bits per heavy atom. The number of aromatic nitrogens is 2. The van der Waals surface area contributed by atoms with Crippen molar-refractivity contribution in [1.82, 2.24) is 9.97 Å². The molecule has 0 atom stereocenters. The van der Waals surface area contributed by atoms with Gasteiger partial charge in [-0.1, -0.05) is 23.2 Å². The highest BCUT2D eigenvalue weighted by Gasteiger charge is 2.24. The highest BCUT2D eigenvalue weighted by atomic mass is 35.5. The Balaban J connectivity index is 1.99. The van der Waals surface area contributed by atoms with Crippen LogP contribution in [-0.4, -0.2) is 14.9 Å². The Morgan fingerprint density at radius 2 is 1.65 bits per heavy atom. The molecule has 3 aromatic rings. The van der Waals surface area contributed by atoms with E-state index in [-0.39, 0.29) is 11.6 Å². The third-order valence-corrected chi connectivity index (χ3v) is 3.86. The van der Waals surface area contributed by atoms with Gasteiger partial charge in [0.15, 0.2) is 0 Å². The van der Waals surface area contributed by atoms with Crippen molar-refractivity contribution in [3.63, 3.8) is 0 Å². The fraction of sp³-hybridized carbons (Fsp3) is 0. The van der Waals surface area contributed by atoms with Crippen molar-refractivity contribution < 1.29 is 9.31 Å². The molecule has 132 valence electrons. The molecule has 10 heteroatoms. The van der Waals surface area contributed by atoms with Crippen LogP contribution in [0, 0.1) is 15.9 Å². The maximum atomic E-state index is 13.0. The first-order valence-electron chi connectivity index (χ1n) is 7.18. The van der Waals surface area contributed by atoms with Gasteiger partial charge in [0.25, 0.3) is 0 Å². The standard InChI is InChI=1S/C16H10Cl2FN5O2/c17-9-1-6-12(18)13(7-9)23-16-14(24(25)26)15(20-8-21-16)22-11-4-2-10(19)3-5-11/h1-8H,(H2,20,21,22,23). The Morgan fingerprint density at radius 1 is 1.00 bits per heavy atom. The van der Waals surface area contributed by atoms with E-state index in [1.54, 1.807) is 12.1 Å². The maximum absolute atomic E-state index is 13.0. The number of anilines is 4. The molecule has 1 heterocycles. The van der Waals surface area contributed by atoms with Gasteiger partial charge in [-0.2, -0.15) is 0 Å². The van der Waals surface area contributed by atoms with Crippen molar-refractivity contribution in [3.8, 4) is 0 Å². The summed E-state index contributed by atoms with van der Waals surface area (Å²) in [6.45, 7) is 0. The number of benzene rings is 2. The van der Waals surface area contributed by atoms with Gasteiger partial charge in [0.05, 0.1) is 15.6 Å². The van der Waals surface area contributed by atoms with E-state index in [4.69, 9.17) is 23.2 Å². The van der Waals surface area contributed by atoms with Crippen LogP contribution in [0.3, 0.4) is 0 Å². The summed E-state index contributed by atoms with van der Waals surface area (Å²) in [5.41, 5.74) is 0.390. The number of nitrogens with zero attached hydrogens (tertiary/aromatic N) is 3. The Kier molecular flexibility index (Phi) is 5.15. The third-order valence-electron chi connectivity index (χ3n) is 3.29. The summed E-state index contributed by atoms with van der Waals surface area (Å²) in [6.07, 6.45) is 1.15. The molecule has 0 radical (unpaired) electrons. The molecule has 2 aromatic carbocycles. The molecule has 0 unspecified atom stereocenters. The van der Waals surface area contributed by atoms with Crippen molar-refractivity contribution in [1.29, 1.82) is 0 Å². The topological polar surface area (TPSA) is 93.0 Å². The minimum Gasteiger partial charge on any atom is -0.334 e. The van der Waals surface area contributed by atoms with Crippen LogP contribution in [0.25, 0.3) is 0 Å². The zero-order chi connectivity index (χ0) is 18.7. The van der Waals surface area contributed by atoms with Crippen LogP contribution in [0.2, 0.25) is 10.0 Å². The minimum atomic E-state index is -0.632. The van der Waals surface area contributed by atoms with Gasteiger partial charge < -0.3 is 10.6 Å². The monoisotopic (exact) mass is 393 g/mol. The number of nitrogens with one attached hydrogen (secondary N) is 2. The van der Waals surface area contributed by atoms with E-state index in [0.29, 0.717) is 21.4 Å². The molecular weight excluding hydrogens is 384 g/mol. The molecule has 7 nitrogen and oxygen atoms in total. The van der Waals surface area contributed by atoms with Crippen molar-refractivity contribution in [3.05, 3.63) is 74.8 Å². The molecule has 0 saturated carbocycles. The Labute approximate surface area is 157 Å². The summed E-state index contributed by atoms with van der Waals surface area (Å²) in [5.74, 6) is -0.554. The number of rotatable bonds is 5. The molecule has 26 heavy (non-hydrogen) atoms. The van der Waals surface area contributed by atoms with Crippen molar-refractivity contribution >= 4 is 51.9 Å². The van der Waals surface area contributed by atoms with E-state index in [1.807, 2.05) is 0 Å². The largest absolute Gasteiger partial charge is 0.353 e. The Bertz CT molecular complexity index is 969. The molecule has 0 amide bonds. The van der Waals surface area contributed by atoms with Gasteiger partial charge in [0.2, 0.25) is 11.6 Å². The van der Waals surface area contributed by atoms with Gasteiger partial charge in [-0.3, -0.25) is 10.1 Å². The van der Waals surface area contributed by atoms with Crippen molar-refractivity contribution in [2.24, 2.45) is 0 Å². The lowest BCUT2D eigenvalue weighted by Gasteiger charge is -2.11. The van der Waals surface area contributed by atoms with Gasteiger partial charge in [-0.15, -0.1) is 0 Å². The summed E-state index contributed by atoms with van der Waals surface area (Å²) >= 11 is 12.0. The second kappa shape index (κ2) is 7.51. The van der Waals surface area contributed by atoms with Crippen LogP contribution in [-0.2, 0) is 0 Å². The van der Waals surface area contributed by atoms with Gasteiger partial charge >= 0.3 is 5.69 Å². The van der Waals surface area contributed by atoms with E-state index in [1.165, 1.54) is 30.3 Å². The number of hydrogen-bond acceptors (Lipinski definition) is 6. The number of halogens is 3. The summed E-state index contributed by atoms with van der Waals surface area (Å²) in [7, 11) is 0. The van der Waals surface area contributed by atoms with Crippen LogP contribution in [0.1, 0.15) is 0 Å². The highest BCUT2D eigenvalue weighted by molar-refractivity contribution is 6.35. The first-order chi connectivity index (χ1) is 12.4. The maximum Gasteiger partial charge on any atom is 0.353 e. The van der Waals surface area contributed by atoms with Crippen molar-refractivity contribution in [2.75, 3.05) is 10.6 Å². The fourth-order valence-corrected chi connectivity index (χ4v) is 2.46. The molecule has 0 aliphatic carbocycles. The Hall–Kier alpha value is -2.97. The zero-order valence-electron chi connectivity index (χ0n) is 12.9. The quantitative estimate of drug-likeness (QED) is 0.450. The third kappa shape index (κ3) is 3.98. The van der Waals surface area contributed by atoms with E-state index in [9.17, 15) is 14.5 Å². The lowest BCUT2D eigenvalue weighted by atomic mass is 10.3. The summed E-state index contributed by atoms with van der Waals surface area (Å²) in [4.78, 5) is 18.7. The van der Waals surface area contributed by atoms with E-state index >= 15 is 0 Å². The normalized spacial score (nSPS) is 10.4. The van der Waals surface area contributed by atoms with Crippen LogP contribution >= 0.6 is 23.2 Å². The molecule has 0 saturated heterocycles. The second-order valence-corrected chi connectivity index (χ2v) is 5.90. The predicted octanol–water partition coefficient (Wildman–Crippen LogP) is 5.32. The van der Waals surface area contributed by atoms with Crippen LogP contribution in [0.4, 0.5) is 33.1 Å². The number of hydrogen-bond donors (Lipinski definition) is 2. The minimum absolute atomic E-state index is 0.0581. The summed E-state index contributed by atoms with van der Waals surface area (Å²) in [5, 5.41) is 17.8. The average molecular weight is 394 g/mol. The first-order valence-corrected chi connectivity index (χ1v) is 7.93. The molecule has 0 fully saturated rings. The lowest BCUT2D eigenvalue weighted by Crippen LogP contribution is -2.05. The van der Waals surface area contributed by atoms with Gasteiger partial charge in [0.1, 0.15) is 12.1 Å².